The number of likely N-dealkylation sites (N-methyl/N-ethyl adjacent to an activating group) is 1. The average molecular weight is 222 g/mol. The van der Waals surface area contributed by atoms with E-state index in [0.29, 0.717) is 0 Å². The Kier molecular flexibility index (Phi) is 5.43. The van der Waals surface area contributed by atoms with Crippen molar-refractivity contribution in [2.24, 2.45) is 4.99 Å². The molecule has 1 aliphatic carbocycles. The number of hydrogen-bond acceptors (Lipinski definition) is 3. The third-order valence-corrected chi connectivity index (χ3v) is 2.92. The predicted molar refractivity (Wildman–Crippen MR) is 69.0 cm³/mol. The Morgan fingerprint density at radius 1 is 1.38 bits per heavy atom. The summed E-state index contributed by atoms with van der Waals surface area (Å²) in [6.07, 6.45) is 5.11. The monoisotopic (exact) mass is 222 g/mol. The van der Waals surface area contributed by atoms with Crippen molar-refractivity contribution in [3.05, 3.63) is 23.8 Å². The minimum Gasteiger partial charge on any atom is -0.383 e. The lowest BCUT2D eigenvalue weighted by atomic mass is 10.0. The molecule has 3 heteroatoms. The van der Waals surface area contributed by atoms with Crippen LogP contribution in [0.5, 0.6) is 0 Å². The van der Waals surface area contributed by atoms with Crippen molar-refractivity contribution in [1.82, 2.24) is 4.90 Å². The third kappa shape index (κ3) is 3.58. The molecule has 16 heavy (non-hydrogen) atoms. The van der Waals surface area contributed by atoms with E-state index in [1.807, 2.05) is 19.1 Å². The Labute approximate surface area is 98.2 Å². The lowest BCUT2D eigenvalue weighted by molar-refractivity contribution is 0.286. The SMILES string of the molecule is CCN(CC)CCN=C1C(C)=CC=CC1O. The van der Waals surface area contributed by atoms with Crippen molar-refractivity contribution in [2.75, 3.05) is 26.2 Å². The second-order valence-electron chi connectivity index (χ2n) is 3.97. The van der Waals surface area contributed by atoms with Crippen LogP contribution >= 0.6 is 0 Å². The van der Waals surface area contributed by atoms with E-state index in [2.05, 4.69) is 23.7 Å². The molecular formula is C13H22N2O. The van der Waals surface area contributed by atoms with Crippen LogP contribution in [0, 0.1) is 0 Å². The molecule has 0 bridgehead atoms. The summed E-state index contributed by atoms with van der Waals surface area (Å²) < 4.78 is 0. The Morgan fingerprint density at radius 3 is 2.62 bits per heavy atom. The largest absolute Gasteiger partial charge is 0.383 e. The summed E-state index contributed by atoms with van der Waals surface area (Å²) in [4.78, 5) is 6.81. The van der Waals surface area contributed by atoms with Crippen LogP contribution < -0.4 is 0 Å². The van der Waals surface area contributed by atoms with Crippen LogP contribution in [0.2, 0.25) is 0 Å². The fourth-order valence-electron chi connectivity index (χ4n) is 1.78. The molecule has 1 aliphatic rings. The zero-order valence-electron chi connectivity index (χ0n) is 10.5. The van der Waals surface area contributed by atoms with Gasteiger partial charge in [0.2, 0.25) is 0 Å². The van der Waals surface area contributed by atoms with Crippen molar-refractivity contribution in [3.63, 3.8) is 0 Å². The molecule has 1 unspecified atom stereocenters. The second kappa shape index (κ2) is 6.61. The van der Waals surface area contributed by atoms with E-state index in [1.54, 1.807) is 6.08 Å². The number of nitrogens with zero attached hydrogens (tertiary/aromatic N) is 2. The first-order valence-corrected chi connectivity index (χ1v) is 5.99. The van der Waals surface area contributed by atoms with Crippen LogP contribution in [0.4, 0.5) is 0 Å². The standard InChI is InChI=1S/C13H22N2O/c1-4-15(5-2)10-9-14-13-11(3)7-6-8-12(13)16/h6-8,12,16H,4-5,9-10H2,1-3H3. The number of allylic oxidation sites excluding steroid dienone is 2. The maximum Gasteiger partial charge on any atom is 0.114 e. The minimum atomic E-state index is -0.526. The molecule has 0 spiro atoms. The molecule has 0 aromatic carbocycles. The van der Waals surface area contributed by atoms with Crippen molar-refractivity contribution in [2.45, 2.75) is 26.9 Å². The van der Waals surface area contributed by atoms with Crippen molar-refractivity contribution in [3.8, 4) is 0 Å². The van der Waals surface area contributed by atoms with Gasteiger partial charge in [-0.15, -0.1) is 0 Å². The van der Waals surface area contributed by atoms with Crippen molar-refractivity contribution >= 4 is 5.71 Å². The molecule has 1 N–H and O–H groups in total. The minimum absolute atomic E-state index is 0.526. The highest BCUT2D eigenvalue weighted by Crippen LogP contribution is 2.09. The van der Waals surface area contributed by atoms with E-state index in [9.17, 15) is 5.11 Å². The van der Waals surface area contributed by atoms with Gasteiger partial charge in [-0.2, -0.15) is 0 Å². The predicted octanol–water partition coefficient (Wildman–Crippen LogP) is 1.65. The van der Waals surface area contributed by atoms with Gasteiger partial charge in [0.25, 0.3) is 0 Å². The van der Waals surface area contributed by atoms with Crippen molar-refractivity contribution < 1.29 is 5.11 Å². The van der Waals surface area contributed by atoms with Crippen LogP contribution in [0.25, 0.3) is 0 Å². The molecule has 90 valence electrons. The third-order valence-electron chi connectivity index (χ3n) is 2.92. The number of aliphatic imine (C=N–C) groups is 1. The van der Waals surface area contributed by atoms with Crippen LogP contribution in [0.3, 0.4) is 0 Å². The summed E-state index contributed by atoms with van der Waals surface area (Å²) in [5.74, 6) is 0. The normalized spacial score (nSPS) is 22.9. The summed E-state index contributed by atoms with van der Waals surface area (Å²) in [6.45, 7) is 10.1. The molecule has 0 aromatic rings. The van der Waals surface area contributed by atoms with Gasteiger partial charge in [0.15, 0.2) is 0 Å². The first-order valence-electron chi connectivity index (χ1n) is 5.99. The molecule has 0 amide bonds. The van der Waals surface area contributed by atoms with Gasteiger partial charge in [0.1, 0.15) is 6.10 Å². The van der Waals surface area contributed by atoms with Gasteiger partial charge in [-0.05, 0) is 25.6 Å². The summed E-state index contributed by atoms with van der Waals surface area (Å²) in [6, 6.07) is 0. The molecule has 1 atom stereocenters. The van der Waals surface area contributed by atoms with E-state index in [0.717, 1.165) is 37.5 Å². The smallest absolute Gasteiger partial charge is 0.114 e. The van der Waals surface area contributed by atoms with Gasteiger partial charge in [0, 0.05) is 6.54 Å². The van der Waals surface area contributed by atoms with Crippen LogP contribution in [-0.4, -0.2) is 48.0 Å². The quantitative estimate of drug-likeness (QED) is 0.767. The van der Waals surface area contributed by atoms with Gasteiger partial charge in [-0.1, -0.05) is 32.1 Å². The van der Waals surface area contributed by atoms with E-state index in [4.69, 9.17) is 0 Å². The highest BCUT2D eigenvalue weighted by atomic mass is 16.3. The van der Waals surface area contributed by atoms with E-state index >= 15 is 0 Å². The highest BCUT2D eigenvalue weighted by molar-refractivity contribution is 6.05. The second-order valence-corrected chi connectivity index (χ2v) is 3.97. The number of hydrogen-bond donors (Lipinski definition) is 1. The lowest BCUT2D eigenvalue weighted by Gasteiger charge is -2.18. The van der Waals surface area contributed by atoms with Gasteiger partial charge in [0.05, 0.1) is 12.3 Å². The van der Waals surface area contributed by atoms with Gasteiger partial charge in [-0.25, -0.2) is 0 Å². The summed E-state index contributed by atoms with van der Waals surface area (Å²) >= 11 is 0. The molecule has 0 radical (unpaired) electrons. The summed E-state index contributed by atoms with van der Waals surface area (Å²) in [7, 11) is 0. The molecule has 0 aromatic heterocycles. The topological polar surface area (TPSA) is 35.8 Å². The molecule has 0 heterocycles. The molecule has 0 saturated heterocycles. The molecule has 0 fully saturated rings. The number of aliphatic hydroxyl groups excluding tert-OH is 1. The number of rotatable bonds is 5. The van der Waals surface area contributed by atoms with Crippen LogP contribution in [0.1, 0.15) is 20.8 Å². The summed E-state index contributed by atoms with van der Waals surface area (Å²) in [5, 5.41) is 9.75. The van der Waals surface area contributed by atoms with Crippen LogP contribution in [0.15, 0.2) is 28.8 Å². The Bertz CT molecular complexity index is 301. The van der Waals surface area contributed by atoms with E-state index in [1.165, 1.54) is 0 Å². The summed E-state index contributed by atoms with van der Waals surface area (Å²) in [5.41, 5.74) is 1.88. The fourth-order valence-corrected chi connectivity index (χ4v) is 1.78. The first-order chi connectivity index (χ1) is 7.69. The van der Waals surface area contributed by atoms with Crippen LogP contribution in [-0.2, 0) is 0 Å². The van der Waals surface area contributed by atoms with Gasteiger partial charge in [-0.3, -0.25) is 4.99 Å². The maximum absolute atomic E-state index is 9.75. The molecule has 0 saturated carbocycles. The average Bonchev–Trinajstić information content (AvgIpc) is 2.28. The molecule has 3 nitrogen and oxygen atoms in total. The Morgan fingerprint density at radius 2 is 2.06 bits per heavy atom. The van der Waals surface area contributed by atoms with Crippen molar-refractivity contribution in [1.29, 1.82) is 0 Å². The first kappa shape index (κ1) is 13.1. The maximum atomic E-state index is 9.75. The Hall–Kier alpha value is -0.930. The van der Waals surface area contributed by atoms with E-state index in [-0.39, 0.29) is 0 Å². The fraction of sp³-hybridized carbons (Fsp3) is 0.615. The van der Waals surface area contributed by atoms with E-state index < -0.39 is 6.10 Å². The highest BCUT2D eigenvalue weighted by Gasteiger charge is 2.13. The molecule has 1 rings (SSSR count). The number of aliphatic hydroxyl groups is 1. The Balaban J connectivity index is 2.51. The zero-order chi connectivity index (χ0) is 12.0. The lowest BCUT2D eigenvalue weighted by Crippen LogP contribution is -2.27. The molecular weight excluding hydrogens is 200 g/mol. The zero-order valence-corrected chi connectivity index (χ0v) is 10.5. The van der Waals surface area contributed by atoms with Gasteiger partial charge < -0.3 is 10.0 Å². The molecule has 0 aliphatic heterocycles. The van der Waals surface area contributed by atoms with Gasteiger partial charge >= 0.3 is 0 Å².